The molecule has 53 heavy (non-hydrogen) atoms. The molecule has 2 amide bonds. The predicted octanol–water partition coefficient (Wildman–Crippen LogP) is 7.96. The predicted molar refractivity (Wildman–Crippen MR) is 208 cm³/mol. The second-order valence-electron chi connectivity index (χ2n) is 15.9. The standard InChI is InChI=1S/C36H51N5O9S2Si/c1-22(2)49-33(43)38-24-12-10-23(11-13-24)31-37-21-29(51-31)28-19-14-25(39-34(44)50-27-17-15-26(16-18-27)41(45)46)20-30(28)52(47,48)40-36(6,7)32(42)53(8,9)35(3,4)5/h14-24,32,40,42H,10-13H2,1-9H3,(H,38,43)(H,39,44). The molecule has 4 N–H and O–H groups in total. The highest BCUT2D eigenvalue weighted by Crippen LogP contribution is 2.43. The fourth-order valence-electron chi connectivity index (χ4n) is 6.18. The molecule has 2 aromatic carbocycles. The molecular weight excluding hydrogens is 739 g/mol. The van der Waals surface area contributed by atoms with Gasteiger partial charge >= 0.3 is 12.2 Å². The zero-order valence-corrected chi connectivity index (χ0v) is 34.3. The van der Waals surface area contributed by atoms with Gasteiger partial charge in [0.2, 0.25) is 10.0 Å². The lowest BCUT2D eigenvalue weighted by Crippen LogP contribution is -2.64. The molecule has 1 saturated carbocycles. The van der Waals surface area contributed by atoms with Gasteiger partial charge in [-0.15, -0.1) is 11.3 Å². The number of amides is 2. The maximum atomic E-state index is 14.4. The molecule has 1 fully saturated rings. The van der Waals surface area contributed by atoms with Crippen molar-refractivity contribution >= 4 is 53.0 Å². The second-order valence-corrected chi connectivity index (χ2v) is 24.1. The van der Waals surface area contributed by atoms with Crippen LogP contribution in [0.4, 0.5) is 21.0 Å². The number of sulfonamides is 1. The fourth-order valence-corrected chi connectivity index (χ4v) is 11.8. The number of aliphatic hydroxyl groups is 1. The number of hydrogen-bond acceptors (Lipinski definition) is 11. The van der Waals surface area contributed by atoms with Gasteiger partial charge in [-0.05, 0) is 82.7 Å². The Morgan fingerprint density at radius 3 is 2.21 bits per heavy atom. The molecule has 0 spiro atoms. The van der Waals surface area contributed by atoms with Crippen LogP contribution in [0.25, 0.3) is 10.4 Å². The number of benzene rings is 2. The van der Waals surface area contributed by atoms with Crippen molar-refractivity contribution in [3.63, 3.8) is 0 Å². The smallest absolute Gasteiger partial charge is 0.417 e. The van der Waals surface area contributed by atoms with Gasteiger partial charge in [0, 0.05) is 41.5 Å². The van der Waals surface area contributed by atoms with E-state index in [1.807, 2.05) is 33.9 Å². The molecule has 290 valence electrons. The number of anilines is 1. The van der Waals surface area contributed by atoms with Crippen molar-refractivity contribution in [2.75, 3.05) is 5.32 Å². The number of hydrogen-bond donors (Lipinski definition) is 4. The first-order valence-corrected chi connectivity index (χ1v) is 22.9. The number of carbonyl (C=O) groups excluding carboxylic acids is 2. The molecule has 1 atom stereocenters. The number of nitrogens with one attached hydrogen (secondary N) is 3. The number of ether oxygens (including phenoxy) is 2. The Balaban J connectivity index is 1.63. The third kappa shape index (κ3) is 10.4. The van der Waals surface area contributed by atoms with E-state index in [0.717, 1.165) is 30.7 Å². The molecule has 0 bridgehead atoms. The van der Waals surface area contributed by atoms with E-state index in [-0.39, 0.29) is 45.1 Å². The topological polar surface area (TPSA) is 199 Å². The molecule has 1 aromatic heterocycles. The van der Waals surface area contributed by atoms with Crippen molar-refractivity contribution in [3.05, 3.63) is 63.8 Å². The summed E-state index contributed by atoms with van der Waals surface area (Å²) in [6.45, 7) is 17.1. The largest absolute Gasteiger partial charge is 0.447 e. The number of nitro groups is 1. The maximum absolute atomic E-state index is 14.4. The Kier molecular flexibility index (Phi) is 12.8. The van der Waals surface area contributed by atoms with Crippen molar-refractivity contribution in [2.24, 2.45) is 0 Å². The minimum Gasteiger partial charge on any atom is -0.447 e. The van der Waals surface area contributed by atoms with E-state index in [4.69, 9.17) is 9.47 Å². The first kappa shape index (κ1) is 41.8. The van der Waals surface area contributed by atoms with Crippen LogP contribution in [0.15, 0.2) is 53.6 Å². The Morgan fingerprint density at radius 2 is 1.64 bits per heavy atom. The van der Waals surface area contributed by atoms with Gasteiger partial charge < -0.3 is 19.9 Å². The second kappa shape index (κ2) is 16.2. The lowest BCUT2D eigenvalue weighted by atomic mass is 9.86. The van der Waals surface area contributed by atoms with Gasteiger partial charge in [0.15, 0.2) is 0 Å². The average molecular weight is 790 g/mol. The number of rotatable bonds is 12. The van der Waals surface area contributed by atoms with Crippen molar-refractivity contribution < 1.29 is 37.5 Å². The van der Waals surface area contributed by atoms with Gasteiger partial charge in [0.1, 0.15) is 5.75 Å². The molecule has 1 aliphatic carbocycles. The summed E-state index contributed by atoms with van der Waals surface area (Å²) in [5.41, 5.74) is -1.91. The van der Waals surface area contributed by atoms with E-state index in [9.17, 15) is 33.2 Å². The number of thiazole rings is 1. The van der Waals surface area contributed by atoms with E-state index in [1.165, 1.54) is 41.7 Å². The molecule has 17 heteroatoms. The summed E-state index contributed by atoms with van der Waals surface area (Å²) < 4.78 is 42.0. The summed E-state index contributed by atoms with van der Waals surface area (Å²) in [7, 11) is -6.80. The molecule has 1 heterocycles. The fraction of sp³-hybridized carbons (Fsp3) is 0.528. The zero-order chi connectivity index (χ0) is 39.5. The first-order valence-electron chi connectivity index (χ1n) is 17.5. The van der Waals surface area contributed by atoms with Gasteiger partial charge in [0.05, 0.1) is 45.1 Å². The molecule has 0 saturated heterocycles. The summed E-state index contributed by atoms with van der Waals surface area (Å²) in [5, 5.41) is 28.7. The number of alkyl carbamates (subject to hydrolysis) is 1. The van der Waals surface area contributed by atoms with Crippen LogP contribution in [-0.2, 0) is 14.8 Å². The van der Waals surface area contributed by atoms with E-state index < -0.39 is 46.5 Å². The van der Waals surface area contributed by atoms with E-state index in [0.29, 0.717) is 10.4 Å². The number of aromatic nitrogens is 1. The van der Waals surface area contributed by atoms with Crippen LogP contribution in [0.2, 0.25) is 18.1 Å². The van der Waals surface area contributed by atoms with Crippen LogP contribution in [0.5, 0.6) is 5.75 Å². The van der Waals surface area contributed by atoms with E-state index >= 15 is 0 Å². The minimum absolute atomic E-state index is 0.00285. The van der Waals surface area contributed by atoms with Gasteiger partial charge in [-0.1, -0.05) is 39.9 Å². The Bertz CT molecular complexity index is 1900. The van der Waals surface area contributed by atoms with Crippen molar-refractivity contribution in [1.29, 1.82) is 0 Å². The summed E-state index contributed by atoms with van der Waals surface area (Å²) >= 11 is 1.39. The number of non-ortho nitro benzene ring substituents is 1. The van der Waals surface area contributed by atoms with Crippen LogP contribution >= 0.6 is 11.3 Å². The van der Waals surface area contributed by atoms with Crippen molar-refractivity contribution in [1.82, 2.24) is 15.0 Å². The number of nitro benzene ring substituents is 1. The lowest BCUT2D eigenvalue weighted by Gasteiger charge is -2.47. The first-order chi connectivity index (χ1) is 24.5. The van der Waals surface area contributed by atoms with Crippen LogP contribution in [0.3, 0.4) is 0 Å². The van der Waals surface area contributed by atoms with Gasteiger partial charge in [-0.2, -0.15) is 0 Å². The lowest BCUT2D eigenvalue weighted by molar-refractivity contribution is -0.384. The summed E-state index contributed by atoms with van der Waals surface area (Å²) in [4.78, 5) is 40.5. The van der Waals surface area contributed by atoms with Crippen molar-refractivity contribution in [3.8, 4) is 16.2 Å². The van der Waals surface area contributed by atoms with E-state index in [1.54, 1.807) is 46.0 Å². The highest BCUT2D eigenvalue weighted by Gasteiger charge is 2.49. The van der Waals surface area contributed by atoms with Crippen LogP contribution < -0.4 is 20.1 Å². The minimum atomic E-state index is -4.34. The Labute approximate surface area is 316 Å². The SMILES string of the molecule is CC(C)OC(=O)NC1CCC(c2ncc(-c3ccc(NC(=O)Oc4ccc([N+](=O)[O-])cc4)cc3S(=O)(=O)NC(C)(C)C(O)[Si](C)(C)C(C)(C)C)s2)CC1. The van der Waals surface area contributed by atoms with E-state index in [2.05, 4.69) is 20.3 Å². The molecule has 3 aromatic rings. The zero-order valence-electron chi connectivity index (χ0n) is 31.7. The Morgan fingerprint density at radius 1 is 1.02 bits per heavy atom. The quantitative estimate of drug-likeness (QED) is 0.0793. The van der Waals surface area contributed by atoms with Gasteiger partial charge in [-0.3, -0.25) is 15.4 Å². The van der Waals surface area contributed by atoms with Crippen LogP contribution in [-0.4, -0.2) is 67.1 Å². The normalized spacial score (nSPS) is 17.6. The van der Waals surface area contributed by atoms with Crippen molar-refractivity contribution in [2.45, 2.75) is 127 Å². The third-order valence-electron chi connectivity index (χ3n) is 10.0. The molecule has 0 radical (unpaired) electrons. The number of nitrogens with zero attached hydrogens (tertiary/aromatic N) is 2. The third-order valence-corrected chi connectivity index (χ3v) is 18.9. The van der Waals surface area contributed by atoms with Crippen LogP contribution in [0, 0.1) is 10.1 Å². The number of carbonyl (C=O) groups is 2. The molecule has 0 aliphatic heterocycles. The summed E-state index contributed by atoms with van der Waals surface area (Å²) in [5.74, 6) is 0.179. The van der Waals surface area contributed by atoms with Gasteiger partial charge in [-0.25, -0.2) is 27.7 Å². The molecule has 1 aliphatic rings. The monoisotopic (exact) mass is 789 g/mol. The highest BCUT2D eigenvalue weighted by molar-refractivity contribution is 7.89. The van der Waals surface area contributed by atoms with Crippen LogP contribution in [0.1, 0.15) is 85.1 Å². The number of aliphatic hydroxyl groups excluding tert-OH is 1. The Hall–Kier alpha value is -3.90. The highest BCUT2D eigenvalue weighted by atomic mass is 32.2. The average Bonchev–Trinajstić information content (AvgIpc) is 3.54. The van der Waals surface area contributed by atoms with Gasteiger partial charge in [0.25, 0.3) is 5.69 Å². The maximum Gasteiger partial charge on any atom is 0.417 e. The summed E-state index contributed by atoms with van der Waals surface area (Å²) in [6.07, 6.45) is 3.13. The molecular formula is C36H51N5O9S2Si. The molecule has 14 nitrogen and oxygen atoms in total. The molecule has 1 unspecified atom stereocenters. The summed E-state index contributed by atoms with van der Waals surface area (Å²) in [6, 6.07) is 9.42. The molecule has 4 rings (SSSR count).